The molecule has 0 radical (unpaired) electrons. The van der Waals surface area contributed by atoms with Crippen LogP contribution in [0.1, 0.15) is 17.0 Å². The zero-order valence-corrected chi connectivity index (χ0v) is 11.6. The highest BCUT2D eigenvalue weighted by Crippen LogP contribution is 2.20. The molecule has 104 valence electrons. The van der Waals surface area contributed by atoms with Crippen molar-refractivity contribution in [1.82, 2.24) is 0 Å². The zero-order valence-electron chi connectivity index (χ0n) is 10.8. The van der Waals surface area contributed by atoms with E-state index in [-0.39, 0.29) is 6.61 Å². The Balaban J connectivity index is 1.96. The van der Waals surface area contributed by atoms with Crippen molar-refractivity contribution in [2.45, 2.75) is 12.5 Å². The molecule has 0 fully saturated rings. The van der Waals surface area contributed by atoms with Crippen LogP contribution in [0.3, 0.4) is 0 Å². The quantitative estimate of drug-likeness (QED) is 0.882. The minimum atomic E-state index is -0.902. The first-order chi connectivity index (χ1) is 9.66. The topological polar surface area (TPSA) is 46.5 Å². The summed E-state index contributed by atoms with van der Waals surface area (Å²) in [5, 5.41) is 9.87. The Morgan fingerprint density at radius 3 is 2.35 bits per heavy atom. The highest BCUT2D eigenvalue weighted by Gasteiger charge is 2.19. The molecule has 0 bridgehead atoms. The van der Waals surface area contributed by atoms with Gasteiger partial charge in [-0.05, 0) is 23.3 Å². The molecule has 1 unspecified atom stereocenters. The fourth-order valence-corrected chi connectivity index (χ4v) is 2.00. The highest BCUT2D eigenvalue weighted by molar-refractivity contribution is 6.30. The van der Waals surface area contributed by atoms with Crippen molar-refractivity contribution < 1.29 is 14.6 Å². The summed E-state index contributed by atoms with van der Waals surface area (Å²) >= 11 is 5.80. The summed E-state index contributed by atoms with van der Waals surface area (Å²) in [7, 11) is 0. The standard InChI is InChI=1S/C16H15ClO3/c17-14-8-6-13(7-9-14)15(16(18)19)11-20-10-12-4-2-1-3-5-12/h1-9,15H,10-11H2,(H,18,19). The SMILES string of the molecule is O=C(O)C(COCc1ccccc1)c1ccc(Cl)cc1. The van der Waals surface area contributed by atoms with Crippen LogP contribution in [0.15, 0.2) is 54.6 Å². The maximum absolute atomic E-state index is 11.3. The lowest BCUT2D eigenvalue weighted by Crippen LogP contribution is -2.17. The molecule has 0 aliphatic rings. The molecule has 2 aromatic carbocycles. The van der Waals surface area contributed by atoms with Gasteiger partial charge >= 0.3 is 5.97 Å². The van der Waals surface area contributed by atoms with E-state index in [1.54, 1.807) is 24.3 Å². The van der Waals surface area contributed by atoms with Gasteiger partial charge in [0.05, 0.1) is 13.2 Å². The van der Waals surface area contributed by atoms with E-state index in [4.69, 9.17) is 16.3 Å². The summed E-state index contributed by atoms with van der Waals surface area (Å²) in [6, 6.07) is 16.5. The fourth-order valence-electron chi connectivity index (χ4n) is 1.87. The number of ether oxygens (including phenoxy) is 1. The summed E-state index contributed by atoms with van der Waals surface area (Å²) in [6.07, 6.45) is 0. The molecular weight excluding hydrogens is 276 g/mol. The van der Waals surface area contributed by atoms with Crippen molar-refractivity contribution in [3.05, 3.63) is 70.7 Å². The molecule has 0 saturated carbocycles. The van der Waals surface area contributed by atoms with Crippen LogP contribution in [0.2, 0.25) is 5.02 Å². The lowest BCUT2D eigenvalue weighted by Gasteiger charge is -2.13. The number of aliphatic carboxylic acids is 1. The van der Waals surface area contributed by atoms with Crippen molar-refractivity contribution in [3.8, 4) is 0 Å². The van der Waals surface area contributed by atoms with Crippen molar-refractivity contribution in [3.63, 3.8) is 0 Å². The Morgan fingerprint density at radius 1 is 1.10 bits per heavy atom. The Morgan fingerprint density at radius 2 is 1.75 bits per heavy atom. The summed E-state index contributed by atoms with van der Waals surface area (Å²) in [5.74, 6) is -1.59. The van der Waals surface area contributed by atoms with Gasteiger partial charge in [-0.15, -0.1) is 0 Å². The second-order valence-electron chi connectivity index (χ2n) is 4.44. The van der Waals surface area contributed by atoms with Gasteiger partial charge in [0, 0.05) is 5.02 Å². The number of halogens is 1. The normalized spacial score (nSPS) is 12.1. The lowest BCUT2D eigenvalue weighted by atomic mass is 10.0. The maximum Gasteiger partial charge on any atom is 0.313 e. The highest BCUT2D eigenvalue weighted by atomic mass is 35.5. The van der Waals surface area contributed by atoms with Crippen LogP contribution in [0.25, 0.3) is 0 Å². The maximum atomic E-state index is 11.3. The van der Waals surface area contributed by atoms with Crippen molar-refractivity contribution in [2.75, 3.05) is 6.61 Å². The van der Waals surface area contributed by atoms with Gasteiger partial charge in [-0.1, -0.05) is 54.1 Å². The molecule has 0 heterocycles. The third-order valence-corrected chi connectivity index (χ3v) is 3.22. The van der Waals surface area contributed by atoms with Crippen molar-refractivity contribution in [2.24, 2.45) is 0 Å². The van der Waals surface area contributed by atoms with Gasteiger partial charge < -0.3 is 9.84 Å². The van der Waals surface area contributed by atoms with Gasteiger partial charge in [0.2, 0.25) is 0 Å². The second kappa shape index (κ2) is 7.08. The summed E-state index contributed by atoms with van der Waals surface area (Å²) in [6.45, 7) is 0.532. The van der Waals surface area contributed by atoms with E-state index in [1.807, 2.05) is 30.3 Å². The molecule has 4 heteroatoms. The van der Waals surface area contributed by atoms with E-state index >= 15 is 0 Å². The van der Waals surface area contributed by atoms with Crippen LogP contribution in [0.5, 0.6) is 0 Å². The van der Waals surface area contributed by atoms with Crippen LogP contribution in [-0.2, 0) is 16.1 Å². The number of rotatable bonds is 6. The smallest absolute Gasteiger partial charge is 0.313 e. The molecule has 0 saturated heterocycles. The third-order valence-electron chi connectivity index (χ3n) is 2.97. The summed E-state index contributed by atoms with van der Waals surface area (Å²) < 4.78 is 5.51. The molecule has 0 aliphatic carbocycles. The molecule has 0 spiro atoms. The molecule has 0 aliphatic heterocycles. The molecule has 1 atom stereocenters. The van der Waals surface area contributed by atoms with Gasteiger partial charge in [0.25, 0.3) is 0 Å². The Bertz CT molecular complexity index is 552. The number of hydrogen-bond acceptors (Lipinski definition) is 2. The largest absolute Gasteiger partial charge is 0.481 e. The number of carbonyl (C=O) groups is 1. The van der Waals surface area contributed by atoms with Crippen molar-refractivity contribution >= 4 is 17.6 Å². The van der Waals surface area contributed by atoms with Crippen LogP contribution in [0, 0.1) is 0 Å². The molecule has 2 rings (SSSR count). The Labute approximate surface area is 122 Å². The van der Waals surface area contributed by atoms with E-state index < -0.39 is 11.9 Å². The monoisotopic (exact) mass is 290 g/mol. The lowest BCUT2D eigenvalue weighted by molar-refractivity contribution is -0.140. The molecule has 0 amide bonds. The minimum Gasteiger partial charge on any atom is -0.481 e. The van der Waals surface area contributed by atoms with E-state index in [2.05, 4.69) is 0 Å². The summed E-state index contributed by atoms with van der Waals surface area (Å²) in [5.41, 5.74) is 1.71. The van der Waals surface area contributed by atoms with E-state index in [0.717, 1.165) is 5.56 Å². The Kier molecular flexibility index (Phi) is 5.16. The van der Waals surface area contributed by atoms with E-state index in [1.165, 1.54) is 0 Å². The number of carboxylic acid groups (broad SMARTS) is 1. The number of hydrogen-bond donors (Lipinski definition) is 1. The van der Waals surface area contributed by atoms with Gasteiger partial charge in [-0.2, -0.15) is 0 Å². The first-order valence-corrected chi connectivity index (χ1v) is 6.64. The average Bonchev–Trinajstić information content (AvgIpc) is 2.46. The van der Waals surface area contributed by atoms with Gasteiger partial charge in [-0.25, -0.2) is 0 Å². The number of carboxylic acids is 1. The van der Waals surface area contributed by atoms with Crippen LogP contribution >= 0.6 is 11.6 Å². The van der Waals surface area contributed by atoms with Gasteiger partial charge in [0.1, 0.15) is 5.92 Å². The van der Waals surface area contributed by atoms with Crippen molar-refractivity contribution in [1.29, 1.82) is 0 Å². The molecule has 0 aromatic heterocycles. The predicted octanol–water partition coefficient (Wildman–Crippen LogP) is 3.73. The first-order valence-electron chi connectivity index (χ1n) is 6.27. The molecule has 1 N–H and O–H groups in total. The van der Waals surface area contributed by atoms with Gasteiger partial charge in [-0.3, -0.25) is 4.79 Å². The predicted molar refractivity (Wildman–Crippen MR) is 77.9 cm³/mol. The van der Waals surface area contributed by atoms with Crippen LogP contribution in [0.4, 0.5) is 0 Å². The van der Waals surface area contributed by atoms with Crippen LogP contribution in [-0.4, -0.2) is 17.7 Å². The third kappa shape index (κ3) is 4.08. The van der Waals surface area contributed by atoms with E-state index in [9.17, 15) is 9.90 Å². The molecular formula is C16H15ClO3. The molecule has 20 heavy (non-hydrogen) atoms. The first kappa shape index (κ1) is 14.6. The van der Waals surface area contributed by atoms with Crippen LogP contribution < -0.4 is 0 Å². The fraction of sp³-hybridized carbons (Fsp3) is 0.188. The minimum absolute atomic E-state index is 0.131. The Hall–Kier alpha value is -1.84. The average molecular weight is 291 g/mol. The second-order valence-corrected chi connectivity index (χ2v) is 4.88. The van der Waals surface area contributed by atoms with E-state index in [0.29, 0.717) is 17.2 Å². The number of benzene rings is 2. The molecule has 3 nitrogen and oxygen atoms in total. The van der Waals surface area contributed by atoms with Gasteiger partial charge in [0.15, 0.2) is 0 Å². The molecule has 2 aromatic rings. The summed E-state index contributed by atoms with van der Waals surface area (Å²) in [4.78, 5) is 11.3. The zero-order chi connectivity index (χ0) is 14.4.